The van der Waals surface area contributed by atoms with E-state index in [4.69, 9.17) is 11.2 Å². The third kappa shape index (κ3) is 4.82. The van der Waals surface area contributed by atoms with E-state index in [1.54, 1.807) is 0 Å². The molecule has 0 heterocycles. The van der Waals surface area contributed by atoms with Gasteiger partial charge in [-0.25, -0.2) is 0 Å². The van der Waals surface area contributed by atoms with Gasteiger partial charge in [-0.3, -0.25) is 0 Å². The Bertz CT molecular complexity index is 273. The number of ether oxygens (including phenoxy) is 1. The summed E-state index contributed by atoms with van der Waals surface area (Å²) in [6.07, 6.45) is 13.4. The Labute approximate surface area is 119 Å². The molecule has 1 N–H and O–H groups in total. The van der Waals surface area contributed by atoms with Gasteiger partial charge in [-0.2, -0.15) is 0 Å². The standard InChI is InChI=1S/C17H31NO/c1-5-8-9-10-16(18-6-2)17(19-7-3)13-11-15(4)12-14-17/h1,15-16,18H,6-14H2,2-4H3. The van der Waals surface area contributed by atoms with Crippen molar-refractivity contribution in [1.82, 2.24) is 5.32 Å². The molecule has 2 heteroatoms. The van der Waals surface area contributed by atoms with Crippen LogP contribution in [0.3, 0.4) is 0 Å². The van der Waals surface area contributed by atoms with Gasteiger partial charge in [0, 0.05) is 19.1 Å². The van der Waals surface area contributed by atoms with E-state index in [-0.39, 0.29) is 5.60 Å². The van der Waals surface area contributed by atoms with Crippen molar-refractivity contribution in [3.63, 3.8) is 0 Å². The summed E-state index contributed by atoms with van der Waals surface area (Å²) in [5.74, 6) is 3.60. The predicted octanol–water partition coefficient (Wildman–Crippen LogP) is 3.75. The summed E-state index contributed by atoms with van der Waals surface area (Å²) < 4.78 is 6.25. The van der Waals surface area contributed by atoms with Crippen molar-refractivity contribution in [2.24, 2.45) is 5.92 Å². The molecule has 1 aliphatic rings. The number of terminal acetylenes is 1. The average molecular weight is 265 g/mol. The van der Waals surface area contributed by atoms with Gasteiger partial charge in [0.05, 0.1) is 5.60 Å². The fourth-order valence-electron chi connectivity index (χ4n) is 3.34. The van der Waals surface area contributed by atoms with Gasteiger partial charge in [-0.1, -0.05) is 13.8 Å². The lowest BCUT2D eigenvalue weighted by atomic mass is 9.74. The number of likely N-dealkylation sites (N-methyl/N-ethyl adjacent to an activating group) is 1. The molecule has 0 aromatic heterocycles. The summed E-state index contributed by atoms with van der Waals surface area (Å²) in [6.45, 7) is 8.47. The van der Waals surface area contributed by atoms with Crippen molar-refractivity contribution in [2.45, 2.75) is 77.4 Å². The maximum Gasteiger partial charge on any atom is 0.0834 e. The third-order valence-electron chi connectivity index (χ3n) is 4.45. The number of nitrogens with one attached hydrogen (secondary N) is 1. The van der Waals surface area contributed by atoms with Gasteiger partial charge in [-0.05, 0) is 57.9 Å². The van der Waals surface area contributed by atoms with E-state index in [9.17, 15) is 0 Å². The molecular formula is C17H31NO. The van der Waals surface area contributed by atoms with Gasteiger partial charge in [0.1, 0.15) is 0 Å². The molecule has 0 bridgehead atoms. The maximum absolute atomic E-state index is 6.25. The Morgan fingerprint density at radius 3 is 2.58 bits per heavy atom. The SMILES string of the molecule is C#CCCCC(NCC)C1(OCC)CCC(C)CC1. The van der Waals surface area contributed by atoms with Crippen LogP contribution in [0.4, 0.5) is 0 Å². The van der Waals surface area contributed by atoms with Crippen molar-refractivity contribution in [1.29, 1.82) is 0 Å². The van der Waals surface area contributed by atoms with Crippen molar-refractivity contribution >= 4 is 0 Å². The molecule has 0 radical (unpaired) electrons. The molecule has 1 unspecified atom stereocenters. The molecule has 1 saturated carbocycles. The number of hydrogen-bond donors (Lipinski definition) is 1. The molecule has 1 rings (SSSR count). The molecule has 0 saturated heterocycles. The average Bonchev–Trinajstić information content (AvgIpc) is 2.41. The van der Waals surface area contributed by atoms with Crippen LogP contribution in [0, 0.1) is 18.3 Å². The van der Waals surface area contributed by atoms with Gasteiger partial charge in [-0.15, -0.1) is 12.3 Å². The zero-order valence-electron chi connectivity index (χ0n) is 13.0. The minimum Gasteiger partial charge on any atom is -0.374 e. The van der Waals surface area contributed by atoms with E-state index in [1.165, 1.54) is 25.7 Å². The normalized spacial score (nSPS) is 28.8. The molecule has 1 atom stereocenters. The summed E-state index contributed by atoms with van der Waals surface area (Å²) in [6, 6.07) is 0.457. The summed E-state index contributed by atoms with van der Waals surface area (Å²) in [5.41, 5.74) is 0.0475. The number of unbranched alkanes of at least 4 members (excludes halogenated alkanes) is 1. The van der Waals surface area contributed by atoms with Crippen molar-refractivity contribution < 1.29 is 4.74 Å². The van der Waals surface area contributed by atoms with Crippen LogP contribution < -0.4 is 5.32 Å². The molecule has 19 heavy (non-hydrogen) atoms. The molecule has 0 spiro atoms. The first-order valence-electron chi connectivity index (χ1n) is 7.99. The van der Waals surface area contributed by atoms with E-state index in [1.807, 2.05) is 0 Å². The van der Waals surface area contributed by atoms with Crippen LogP contribution >= 0.6 is 0 Å². The van der Waals surface area contributed by atoms with E-state index < -0.39 is 0 Å². The van der Waals surface area contributed by atoms with Gasteiger partial charge >= 0.3 is 0 Å². The molecule has 2 nitrogen and oxygen atoms in total. The first-order chi connectivity index (χ1) is 9.18. The molecule has 0 aliphatic heterocycles. The van der Waals surface area contributed by atoms with E-state index in [0.29, 0.717) is 6.04 Å². The molecule has 1 aliphatic carbocycles. The fraction of sp³-hybridized carbons (Fsp3) is 0.882. The van der Waals surface area contributed by atoms with Crippen LogP contribution in [0.2, 0.25) is 0 Å². The highest BCUT2D eigenvalue weighted by atomic mass is 16.5. The first kappa shape index (κ1) is 16.5. The number of hydrogen-bond acceptors (Lipinski definition) is 2. The van der Waals surface area contributed by atoms with E-state index >= 15 is 0 Å². The molecule has 1 fully saturated rings. The van der Waals surface area contributed by atoms with Crippen molar-refractivity contribution in [2.75, 3.05) is 13.2 Å². The van der Waals surface area contributed by atoms with Crippen LogP contribution in [0.1, 0.15) is 65.7 Å². The smallest absolute Gasteiger partial charge is 0.0834 e. The molecule has 0 aromatic rings. The second-order valence-corrected chi connectivity index (χ2v) is 5.89. The summed E-state index contributed by atoms with van der Waals surface area (Å²) in [7, 11) is 0. The Balaban J connectivity index is 2.70. The van der Waals surface area contributed by atoms with Gasteiger partial charge < -0.3 is 10.1 Å². The summed E-state index contributed by atoms with van der Waals surface area (Å²) in [4.78, 5) is 0. The van der Waals surface area contributed by atoms with Gasteiger partial charge in [0.2, 0.25) is 0 Å². The first-order valence-corrected chi connectivity index (χ1v) is 7.99. The van der Waals surface area contributed by atoms with Crippen molar-refractivity contribution in [3.05, 3.63) is 0 Å². The second-order valence-electron chi connectivity index (χ2n) is 5.89. The Morgan fingerprint density at radius 2 is 2.05 bits per heavy atom. The van der Waals surface area contributed by atoms with Crippen LogP contribution in [-0.4, -0.2) is 24.8 Å². The number of rotatable bonds is 8. The van der Waals surface area contributed by atoms with Crippen molar-refractivity contribution in [3.8, 4) is 12.3 Å². The molecule has 0 aromatic carbocycles. The van der Waals surface area contributed by atoms with Gasteiger partial charge in [0.25, 0.3) is 0 Å². The minimum absolute atomic E-state index is 0.0475. The van der Waals surface area contributed by atoms with Gasteiger partial charge in [0.15, 0.2) is 0 Å². The Kier molecular flexibility index (Phi) is 7.49. The lowest BCUT2D eigenvalue weighted by Crippen LogP contribution is -2.54. The Hall–Kier alpha value is -0.520. The largest absolute Gasteiger partial charge is 0.374 e. The highest BCUT2D eigenvalue weighted by Crippen LogP contribution is 2.38. The monoisotopic (exact) mass is 265 g/mol. The highest BCUT2D eigenvalue weighted by Gasteiger charge is 2.41. The van der Waals surface area contributed by atoms with Crippen LogP contribution in [0.25, 0.3) is 0 Å². The van der Waals surface area contributed by atoms with E-state index in [0.717, 1.165) is 38.3 Å². The second kappa shape index (κ2) is 8.61. The highest BCUT2D eigenvalue weighted by molar-refractivity contribution is 4.97. The van der Waals surface area contributed by atoms with E-state index in [2.05, 4.69) is 32.0 Å². The minimum atomic E-state index is 0.0475. The molecular weight excluding hydrogens is 234 g/mol. The zero-order valence-corrected chi connectivity index (χ0v) is 13.0. The lowest BCUT2D eigenvalue weighted by molar-refractivity contribution is -0.0977. The lowest BCUT2D eigenvalue weighted by Gasteiger charge is -2.45. The fourth-order valence-corrected chi connectivity index (χ4v) is 3.34. The summed E-state index contributed by atoms with van der Waals surface area (Å²) in [5, 5.41) is 3.66. The van der Waals surface area contributed by atoms with Crippen LogP contribution in [-0.2, 0) is 4.74 Å². The maximum atomic E-state index is 6.25. The zero-order chi connectivity index (χ0) is 14.1. The topological polar surface area (TPSA) is 21.3 Å². The molecule has 110 valence electrons. The van der Waals surface area contributed by atoms with Crippen LogP contribution in [0.15, 0.2) is 0 Å². The summed E-state index contributed by atoms with van der Waals surface area (Å²) >= 11 is 0. The molecule has 0 amide bonds. The Morgan fingerprint density at radius 1 is 1.37 bits per heavy atom. The van der Waals surface area contributed by atoms with Crippen LogP contribution in [0.5, 0.6) is 0 Å². The quantitative estimate of drug-likeness (QED) is 0.533. The third-order valence-corrected chi connectivity index (χ3v) is 4.45. The predicted molar refractivity (Wildman–Crippen MR) is 82.1 cm³/mol.